The Morgan fingerprint density at radius 2 is 1.70 bits per heavy atom. The van der Waals surface area contributed by atoms with Gasteiger partial charge < -0.3 is 0 Å². The molecule has 0 bridgehead atoms. The molecule has 0 aliphatic rings. The van der Waals surface area contributed by atoms with Crippen LogP contribution >= 0.6 is 0 Å². The van der Waals surface area contributed by atoms with Gasteiger partial charge in [0, 0.05) is 23.5 Å². The first-order valence-corrected chi connectivity index (χ1v) is 6.21. The number of nitrogens with two attached hydrogens (primary N) is 1. The number of hydrazine groups is 1. The summed E-state index contributed by atoms with van der Waals surface area (Å²) in [5.41, 5.74) is 5.40. The summed E-state index contributed by atoms with van der Waals surface area (Å²) in [4.78, 5) is 8.57. The largest absolute Gasteiger partial charge is 0.271 e. The minimum atomic E-state index is -0.475. The molecular weight excluding hydrogens is 255 g/mol. The van der Waals surface area contributed by atoms with E-state index in [4.69, 9.17) is 5.84 Å². The zero-order chi connectivity index (χ0) is 13.9. The Hall–Kier alpha value is -2.37. The lowest BCUT2D eigenvalue weighted by Crippen LogP contribution is -2.29. The van der Waals surface area contributed by atoms with Crippen molar-refractivity contribution in [3.63, 3.8) is 0 Å². The molecule has 1 atom stereocenters. The number of hydrogen-bond donors (Lipinski definition) is 2. The fourth-order valence-electron chi connectivity index (χ4n) is 2.30. The van der Waals surface area contributed by atoms with E-state index >= 15 is 0 Å². The Morgan fingerprint density at radius 3 is 2.50 bits per heavy atom. The average Bonchev–Trinajstić information content (AvgIpc) is 2.50. The van der Waals surface area contributed by atoms with Crippen LogP contribution in [0.4, 0.5) is 4.39 Å². The summed E-state index contributed by atoms with van der Waals surface area (Å²) in [6.45, 7) is 0. The van der Waals surface area contributed by atoms with Crippen LogP contribution in [0.2, 0.25) is 0 Å². The van der Waals surface area contributed by atoms with E-state index in [1.54, 1.807) is 30.6 Å². The predicted molar refractivity (Wildman–Crippen MR) is 75.1 cm³/mol. The van der Waals surface area contributed by atoms with Gasteiger partial charge in [0.05, 0.1) is 17.1 Å². The molecule has 5 heteroatoms. The van der Waals surface area contributed by atoms with Crippen molar-refractivity contribution in [2.24, 2.45) is 5.84 Å². The number of para-hydroxylation sites is 1. The summed E-state index contributed by atoms with van der Waals surface area (Å²) in [5.74, 6) is 5.32. The summed E-state index contributed by atoms with van der Waals surface area (Å²) in [6.07, 6.45) is 3.24. The summed E-state index contributed by atoms with van der Waals surface area (Å²) in [5, 5.41) is 0. The predicted octanol–water partition coefficient (Wildman–Crippen LogP) is 2.32. The minimum absolute atomic E-state index is 0.309. The molecule has 3 aromatic rings. The molecule has 0 saturated heterocycles. The molecule has 0 spiro atoms. The zero-order valence-electron chi connectivity index (χ0n) is 10.6. The first-order chi connectivity index (χ1) is 9.81. The van der Waals surface area contributed by atoms with Crippen molar-refractivity contribution in [2.45, 2.75) is 6.04 Å². The highest BCUT2D eigenvalue weighted by molar-refractivity contribution is 5.78. The monoisotopic (exact) mass is 268 g/mol. The molecule has 3 rings (SSSR count). The van der Waals surface area contributed by atoms with Gasteiger partial charge >= 0.3 is 0 Å². The number of fused-ring (bicyclic) bond motifs is 1. The van der Waals surface area contributed by atoms with Gasteiger partial charge in [-0.2, -0.15) is 0 Å². The van der Waals surface area contributed by atoms with Crippen LogP contribution in [0.15, 0.2) is 54.9 Å². The van der Waals surface area contributed by atoms with Crippen molar-refractivity contribution < 1.29 is 4.39 Å². The smallest absolute Gasteiger partial charge is 0.128 e. The second-order valence-corrected chi connectivity index (χ2v) is 4.39. The first-order valence-electron chi connectivity index (χ1n) is 6.21. The molecule has 4 nitrogen and oxygen atoms in total. The van der Waals surface area contributed by atoms with Crippen molar-refractivity contribution >= 4 is 11.0 Å². The molecule has 0 amide bonds. The summed E-state index contributed by atoms with van der Waals surface area (Å²) >= 11 is 0. The highest BCUT2D eigenvalue weighted by Crippen LogP contribution is 2.27. The van der Waals surface area contributed by atoms with Crippen LogP contribution in [-0.4, -0.2) is 9.97 Å². The third-order valence-electron chi connectivity index (χ3n) is 3.22. The van der Waals surface area contributed by atoms with Gasteiger partial charge in [0.25, 0.3) is 0 Å². The molecule has 0 radical (unpaired) electrons. The lowest BCUT2D eigenvalue weighted by molar-refractivity contribution is 0.561. The maximum absolute atomic E-state index is 14.0. The Kier molecular flexibility index (Phi) is 3.37. The molecule has 20 heavy (non-hydrogen) atoms. The van der Waals surface area contributed by atoms with E-state index in [0.29, 0.717) is 11.1 Å². The van der Waals surface area contributed by atoms with E-state index in [1.165, 1.54) is 6.07 Å². The number of aromatic nitrogens is 2. The van der Waals surface area contributed by atoms with Crippen LogP contribution in [0.1, 0.15) is 17.2 Å². The molecule has 1 unspecified atom stereocenters. The molecule has 0 fully saturated rings. The second kappa shape index (κ2) is 5.32. The molecule has 100 valence electrons. The van der Waals surface area contributed by atoms with Gasteiger partial charge in [0.2, 0.25) is 0 Å². The van der Waals surface area contributed by atoms with Crippen LogP contribution in [0.3, 0.4) is 0 Å². The zero-order valence-corrected chi connectivity index (χ0v) is 10.6. The van der Waals surface area contributed by atoms with E-state index in [1.807, 2.05) is 18.2 Å². The topological polar surface area (TPSA) is 63.8 Å². The van der Waals surface area contributed by atoms with Gasteiger partial charge in [-0.15, -0.1) is 0 Å². The van der Waals surface area contributed by atoms with Gasteiger partial charge in [-0.05, 0) is 12.1 Å². The highest BCUT2D eigenvalue weighted by atomic mass is 19.1. The third-order valence-corrected chi connectivity index (χ3v) is 3.22. The van der Waals surface area contributed by atoms with E-state index in [-0.39, 0.29) is 5.82 Å². The lowest BCUT2D eigenvalue weighted by Gasteiger charge is -2.18. The van der Waals surface area contributed by atoms with Gasteiger partial charge in [-0.1, -0.05) is 30.3 Å². The van der Waals surface area contributed by atoms with Gasteiger partial charge in [0.15, 0.2) is 0 Å². The summed E-state index contributed by atoms with van der Waals surface area (Å²) in [7, 11) is 0. The molecule has 0 saturated carbocycles. The van der Waals surface area contributed by atoms with Crippen LogP contribution in [0.25, 0.3) is 11.0 Å². The first kappa shape index (κ1) is 12.7. The number of hydrogen-bond acceptors (Lipinski definition) is 4. The van der Waals surface area contributed by atoms with Crippen LogP contribution in [0.5, 0.6) is 0 Å². The third kappa shape index (κ3) is 2.13. The van der Waals surface area contributed by atoms with E-state index < -0.39 is 6.04 Å². The fourth-order valence-corrected chi connectivity index (χ4v) is 2.30. The quantitative estimate of drug-likeness (QED) is 0.565. The molecule has 1 heterocycles. The fraction of sp³-hybridized carbons (Fsp3) is 0.0667. The number of rotatable bonds is 3. The Balaban J connectivity index is 2.20. The average molecular weight is 268 g/mol. The Labute approximate surface area is 115 Å². The van der Waals surface area contributed by atoms with Crippen molar-refractivity contribution in [2.75, 3.05) is 0 Å². The Morgan fingerprint density at radius 1 is 0.950 bits per heavy atom. The number of benzene rings is 2. The van der Waals surface area contributed by atoms with E-state index in [2.05, 4.69) is 15.4 Å². The van der Waals surface area contributed by atoms with Crippen molar-refractivity contribution in [3.05, 3.63) is 71.8 Å². The van der Waals surface area contributed by atoms with Gasteiger partial charge in [0.1, 0.15) is 5.82 Å². The molecular formula is C15H13FN4. The van der Waals surface area contributed by atoms with Gasteiger partial charge in [-0.25, -0.2) is 9.82 Å². The standard InChI is InChI=1S/C15H13FN4/c16-12-6-2-1-4-10(12)14(20-17)11-5-3-7-13-15(11)19-9-8-18-13/h1-9,14,20H,17H2. The SMILES string of the molecule is NNC(c1ccccc1F)c1cccc2nccnc12. The van der Waals surface area contributed by atoms with Crippen LogP contribution in [-0.2, 0) is 0 Å². The lowest BCUT2D eigenvalue weighted by atomic mass is 9.97. The summed E-state index contributed by atoms with van der Waals surface area (Å²) in [6, 6.07) is 11.7. The maximum Gasteiger partial charge on any atom is 0.128 e. The number of halogens is 1. The molecule has 0 aliphatic carbocycles. The molecule has 2 aromatic carbocycles. The minimum Gasteiger partial charge on any atom is -0.271 e. The van der Waals surface area contributed by atoms with E-state index in [0.717, 1.165) is 11.1 Å². The maximum atomic E-state index is 14.0. The van der Waals surface area contributed by atoms with Crippen LogP contribution in [0, 0.1) is 5.82 Å². The van der Waals surface area contributed by atoms with Crippen molar-refractivity contribution in [3.8, 4) is 0 Å². The Bertz CT molecular complexity index is 739. The van der Waals surface area contributed by atoms with Crippen LogP contribution < -0.4 is 11.3 Å². The molecule has 0 aliphatic heterocycles. The number of nitrogens with zero attached hydrogens (tertiary/aromatic N) is 2. The van der Waals surface area contributed by atoms with Crippen molar-refractivity contribution in [1.82, 2.24) is 15.4 Å². The van der Waals surface area contributed by atoms with Crippen molar-refractivity contribution in [1.29, 1.82) is 0 Å². The molecule has 3 N–H and O–H groups in total. The normalized spacial score (nSPS) is 12.5. The summed E-state index contributed by atoms with van der Waals surface area (Å²) < 4.78 is 14.0. The highest BCUT2D eigenvalue weighted by Gasteiger charge is 2.19. The second-order valence-electron chi connectivity index (χ2n) is 4.39. The van der Waals surface area contributed by atoms with E-state index in [9.17, 15) is 4.39 Å². The van der Waals surface area contributed by atoms with Gasteiger partial charge in [-0.3, -0.25) is 15.8 Å². The molecule has 1 aromatic heterocycles. The number of nitrogens with one attached hydrogen (secondary N) is 1.